The first kappa shape index (κ1) is 20.8. The van der Waals surface area contributed by atoms with Crippen molar-refractivity contribution in [1.82, 2.24) is 4.90 Å². The third kappa shape index (κ3) is 6.59. The molecule has 28 heavy (non-hydrogen) atoms. The average Bonchev–Trinajstić information content (AvgIpc) is 2.71. The molecule has 0 radical (unpaired) electrons. The van der Waals surface area contributed by atoms with Crippen LogP contribution in [0.15, 0.2) is 24.3 Å². The summed E-state index contributed by atoms with van der Waals surface area (Å²) in [6.07, 6.45) is 9.65. The summed E-state index contributed by atoms with van der Waals surface area (Å²) in [5.74, 6) is 0.713. The lowest BCUT2D eigenvalue weighted by molar-refractivity contribution is -0.895. The number of carbonyl (C=O) groups excluding carboxylic acids is 2. The number of benzene rings is 1. The number of hydrogen-bond donors (Lipinski definition) is 2. The van der Waals surface area contributed by atoms with Gasteiger partial charge < -0.3 is 15.1 Å². The molecule has 0 unspecified atom stereocenters. The van der Waals surface area contributed by atoms with Gasteiger partial charge in [0.25, 0.3) is 5.91 Å². The SMILES string of the molecule is O=C(C[NH+]1CCN(C(=O)CCCC2CCCCC2)CC1)Nc1ccc(F)cc1. The Morgan fingerprint density at radius 3 is 2.43 bits per heavy atom. The first-order chi connectivity index (χ1) is 13.6. The molecule has 2 amide bonds. The maximum absolute atomic E-state index is 12.9. The molecule has 0 atom stereocenters. The zero-order chi connectivity index (χ0) is 19.8. The van der Waals surface area contributed by atoms with Crippen molar-refractivity contribution >= 4 is 17.5 Å². The van der Waals surface area contributed by atoms with Crippen molar-refractivity contribution in [3.8, 4) is 0 Å². The van der Waals surface area contributed by atoms with Gasteiger partial charge in [0, 0.05) is 12.1 Å². The van der Waals surface area contributed by atoms with Gasteiger partial charge in [-0.15, -0.1) is 0 Å². The smallest absolute Gasteiger partial charge is 0.279 e. The van der Waals surface area contributed by atoms with E-state index in [9.17, 15) is 14.0 Å². The summed E-state index contributed by atoms with van der Waals surface area (Å²) in [6, 6.07) is 5.79. The Hall–Kier alpha value is -1.95. The number of hydrogen-bond acceptors (Lipinski definition) is 2. The van der Waals surface area contributed by atoms with E-state index in [1.165, 1.54) is 55.6 Å². The van der Waals surface area contributed by atoms with Gasteiger partial charge in [0.15, 0.2) is 6.54 Å². The summed E-state index contributed by atoms with van der Waals surface area (Å²) in [5.41, 5.74) is 0.609. The summed E-state index contributed by atoms with van der Waals surface area (Å²) in [6.45, 7) is 3.42. The molecule has 2 fully saturated rings. The molecule has 6 heteroatoms. The van der Waals surface area contributed by atoms with Crippen LogP contribution in [0, 0.1) is 11.7 Å². The van der Waals surface area contributed by atoms with Gasteiger partial charge >= 0.3 is 0 Å². The molecule has 1 aromatic rings. The van der Waals surface area contributed by atoms with Crippen LogP contribution in [0.4, 0.5) is 10.1 Å². The lowest BCUT2D eigenvalue weighted by atomic mass is 9.86. The van der Waals surface area contributed by atoms with Crippen molar-refractivity contribution in [3.05, 3.63) is 30.1 Å². The van der Waals surface area contributed by atoms with E-state index in [-0.39, 0.29) is 17.6 Å². The van der Waals surface area contributed by atoms with E-state index in [2.05, 4.69) is 5.32 Å². The van der Waals surface area contributed by atoms with Crippen molar-refractivity contribution in [2.45, 2.75) is 51.4 Å². The van der Waals surface area contributed by atoms with Crippen LogP contribution < -0.4 is 10.2 Å². The van der Waals surface area contributed by atoms with E-state index < -0.39 is 0 Å². The Kier molecular flexibility index (Phi) is 7.83. The van der Waals surface area contributed by atoms with Crippen LogP contribution in [0.5, 0.6) is 0 Å². The van der Waals surface area contributed by atoms with Gasteiger partial charge in [-0.3, -0.25) is 9.59 Å². The molecule has 1 aromatic carbocycles. The molecule has 1 aliphatic carbocycles. The molecule has 3 rings (SSSR count). The molecule has 1 heterocycles. The number of nitrogens with zero attached hydrogens (tertiary/aromatic N) is 1. The Morgan fingerprint density at radius 2 is 1.75 bits per heavy atom. The first-order valence-corrected chi connectivity index (χ1v) is 10.8. The topological polar surface area (TPSA) is 53.9 Å². The number of halogens is 1. The molecule has 0 spiro atoms. The largest absolute Gasteiger partial charge is 0.331 e. The monoisotopic (exact) mass is 390 g/mol. The summed E-state index contributed by atoms with van der Waals surface area (Å²) in [5, 5.41) is 2.80. The summed E-state index contributed by atoms with van der Waals surface area (Å²) in [4.78, 5) is 27.8. The van der Waals surface area contributed by atoms with Crippen LogP contribution in [0.1, 0.15) is 51.4 Å². The maximum Gasteiger partial charge on any atom is 0.279 e. The number of nitrogens with one attached hydrogen (secondary N) is 2. The molecule has 0 aromatic heterocycles. The van der Waals surface area contributed by atoms with E-state index in [1.54, 1.807) is 12.1 Å². The molecule has 1 saturated carbocycles. The van der Waals surface area contributed by atoms with Gasteiger partial charge in [-0.25, -0.2) is 4.39 Å². The summed E-state index contributed by atoms with van der Waals surface area (Å²) in [7, 11) is 0. The van der Waals surface area contributed by atoms with Crippen LogP contribution in [0.25, 0.3) is 0 Å². The van der Waals surface area contributed by atoms with Crippen molar-refractivity contribution in [1.29, 1.82) is 0 Å². The van der Waals surface area contributed by atoms with Gasteiger partial charge in [-0.05, 0) is 43.0 Å². The zero-order valence-electron chi connectivity index (χ0n) is 16.7. The third-order valence-corrected chi connectivity index (χ3v) is 6.09. The highest BCUT2D eigenvalue weighted by Gasteiger charge is 2.25. The maximum atomic E-state index is 12.9. The molecule has 1 aliphatic heterocycles. The molecule has 5 nitrogen and oxygen atoms in total. The molecule has 2 N–H and O–H groups in total. The van der Waals surface area contributed by atoms with Crippen LogP contribution in [0.2, 0.25) is 0 Å². The molecule has 2 aliphatic rings. The van der Waals surface area contributed by atoms with Crippen molar-refractivity contribution < 1.29 is 18.9 Å². The lowest BCUT2D eigenvalue weighted by Gasteiger charge is -2.32. The minimum absolute atomic E-state index is 0.0751. The van der Waals surface area contributed by atoms with Crippen molar-refractivity contribution in [3.63, 3.8) is 0 Å². The number of quaternary nitrogens is 1. The van der Waals surface area contributed by atoms with Gasteiger partial charge in [0.1, 0.15) is 5.82 Å². The fraction of sp³-hybridized carbons (Fsp3) is 0.636. The van der Waals surface area contributed by atoms with E-state index in [0.29, 0.717) is 18.7 Å². The second kappa shape index (κ2) is 10.6. The Morgan fingerprint density at radius 1 is 1.07 bits per heavy atom. The average molecular weight is 391 g/mol. The van der Waals surface area contributed by atoms with Crippen molar-refractivity contribution in [2.24, 2.45) is 5.92 Å². The molecule has 1 saturated heterocycles. The third-order valence-electron chi connectivity index (χ3n) is 6.09. The predicted molar refractivity (Wildman–Crippen MR) is 108 cm³/mol. The number of anilines is 1. The van der Waals surface area contributed by atoms with E-state index in [0.717, 1.165) is 38.5 Å². The van der Waals surface area contributed by atoms with Crippen molar-refractivity contribution in [2.75, 3.05) is 38.0 Å². The van der Waals surface area contributed by atoms with Crippen LogP contribution in [-0.2, 0) is 9.59 Å². The van der Waals surface area contributed by atoms with Gasteiger partial charge in [-0.2, -0.15) is 0 Å². The summed E-state index contributed by atoms with van der Waals surface area (Å²) >= 11 is 0. The second-order valence-corrected chi connectivity index (χ2v) is 8.26. The highest BCUT2D eigenvalue weighted by Crippen LogP contribution is 2.27. The summed E-state index contributed by atoms with van der Waals surface area (Å²) < 4.78 is 12.9. The predicted octanol–water partition coefficient (Wildman–Crippen LogP) is 2.24. The van der Waals surface area contributed by atoms with E-state index >= 15 is 0 Å². The van der Waals surface area contributed by atoms with Crippen LogP contribution >= 0.6 is 0 Å². The Bertz CT molecular complexity index is 636. The molecule has 154 valence electrons. The van der Waals surface area contributed by atoms with Gasteiger partial charge in [0.2, 0.25) is 5.91 Å². The minimum atomic E-state index is -0.317. The standard InChI is InChI=1S/C22H32FN3O2/c23-19-9-11-20(12-10-19)24-21(27)17-25-13-15-26(16-14-25)22(28)8-4-7-18-5-2-1-3-6-18/h9-12,18H,1-8,13-17H2,(H,24,27)/p+1. The first-order valence-electron chi connectivity index (χ1n) is 10.8. The number of amides is 2. The fourth-order valence-electron chi connectivity index (χ4n) is 4.39. The minimum Gasteiger partial charge on any atom is -0.331 e. The second-order valence-electron chi connectivity index (χ2n) is 8.26. The Labute approximate surface area is 167 Å². The molecular weight excluding hydrogens is 357 g/mol. The fourth-order valence-corrected chi connectivity index (χ4v) is 4.39. The lowest BCUT2D eigenvalue weighted by Crippen LogP contribution is -3.15. The van der Waals surface area contributed by atoms with E-state index in [4.69, 9.17) is 0 Å². The molecule has 0 bridgehead atoms. The Balaban J connectivity index is 1.31. The normalized spacial score (nSPS) is 18.8. The van der Waals surface area contributed by atoms with Crippen LogP contribution in [0.3, 0.4) is 0 Å². The number of rotatable bonds is 7. The van der Waals surface area contributed by atoms with E-state index in [1.807, 2.05) is 4.90 Å². The quantitative estimate of drug-likeness (QED) is 0.750. The van der Waals surface area contributed by atoms with Gasteiger partial charge in [-0.1, -0.05) is 32.1 Å². The number of carbonyl (C=O) groups is 2. The zero-order valence-corrected chi connectivity index (χ0v) is 16.7. The highest BCUT2D eigenvalue weighted by molar-refractivity contribution is 5.91. The highest BCUT2D eigenvalue weighted by atomic mass is 19.1. The van der Waals surface area contributed by atoms with Crippen LogP contribution in [-0.4, -0.2) is 49.4 Å². The van der Waals surface area contributed by atoms with Gasteiger partial charge in [0.05, 0.1) is 26.2 Å². The number of piperazine rings is 1. The molecular formula is C22H33FN3O2+.